The average molecular weight is 593 g/mol. The Labute approximate surface area is 236 Å². The molecule has 11 nitrogen and oxygen atoms in total. The van der Waals surface area contributed by atoms with Crippen molar-refractivity contribution >= 4 is 33.6 Å². The fourth-order valence-corrected chi connectivity index (χ4v) is 5.80. The highest BCUT2D eigenvalue weighted by Gasteiger charge is 2.34. The second-order valence-corrected chi connectivity index (χ2v) is 11.9. The van der Waals surface area contributed by atoms with Crippen LogP contribution in [0.2, 0.25) is 5.02 Å². The maximum absolute atomic E-state index is 14.6. The summed E-state index contributed by atoms with van der Waals surface area (Å²) in [6.45, 7) is 0.403. The van der Waals surface area contributed by atoms with Crippen LogP contribution in [0, 0.1) is 11.7 Å². The van der Waals surface area contributed by atoms with Crippen LogP contribution in [0.15, 0.2) is 48.9 Å². The molecule has 2 aromatic carbocycles. The van der Waals surface area contributed by atoms with Crippen molar-refractivity contribution in [3.63, 3.8) is 0 Å². The van der Waals surface area contributed by atoms with Crippen LogP contribution >= 0.6 is 11.6 Å². The number of aromatic nitrogens is 2. The number of methoxy groups -OCH3 is 1. The van der Waals surface area contributed by atoms with E-state index in [1.165, 1.54) is 23.4 Å². The van der Waals surface area contributed by atoms with E-state index in [0.29, 0.717) is 30.6 Å². The smallest absolute Gasteiger partial charge is 0.317 e. The highest BCUT2D eigenvalue weighted by Crippen LogP contribution is 2.29. The number of rotatable bonds is 10. The van der Waals surface area contributed by atoms with Crippen LogP contribution in [0.25, 0.3) is 11.3 Å². The van der Waals surface area contributed by atoms with Crippen molar-refractivity contribution in [2.75, 3.05) is 19.9 Å². The molecule has 0 radical (unpaired) electrons. The number of nitrogens with zero attached hydrogens (tertiary/aromatic N) is 3. The molecule has 214 valence electrons. The molecule has 4 rings (SSSR count). The molecule has 14 heteroatoms. The van der Waals surface area contributed by atoms with E-state index in [2.05, 4.69) is 10.3 Å². The maximum atomic E-state index is 14.6. The summed E-state index contributed by atoms with van der Waals surface area (Å²) >= 11 is 5.96. The van der Waals surface area contributed by atoms with Crippen LogP contribution in [-0.4, -0.2) is 60.8 Å². The predicted octanol–water partition coefficient (Wildman–Crippen LogP) is 3.07. The lowest BCUT2D eigenvalue weighted by atomic mass is 9.82. The number of nitrogens with one attached hydrogen (secondary N) is 3. The van der Waals surface area contributed by atoms with Crippen LogP contribution in [0.3, 0.4) is 0 Å². The minimum absolute atomic E-state index is 0.161. The van der Waals surface area contributed by atoms with E-state index < -0.39 is 27.3 Å². The number of carbonyl (C=O) groups excluding carboxylic acids is 2. The number of carbonyl (C=O) groups is 2. The van der Waals surface area contributed by atoms with Gasteiger partial charge in [-0.1, -0.05) is 23.7 Å². The molecule has 3 amide bonds. The number of amides is 3. The lowest BCUT2D eigenvalue weighted by Crippen LogP contribution is -2.51. The second-order valence-electron chi connectivity index (χ2n) is 9.77. The zero-order chi connectivity index (χ0) is 29.0. The molecule has 3 N–H and O–H groups in total. The largest absolute Gasteiger partial charge is 0.497 e. The summed E-state index contributed by atoms with van der Waals surface area (Å²) in [6, 6.07) is 9.55. The van der Waals surface area contributed by atoms with Crippen molar-refractivity contribution in [1.29, 1.82) is 0 Å². The van der Waals surface area contributed by atoms with Gasteiger partial charge in [-0.2, -0.15) is 0 Å². The number of sulfonamides is 1. The molecule has 1 fully saturated rings. The molecule has 0 bridgehead atoms. The van der Waals surface area contributed by atoms with Gasteiger partial charge in [0.1, 0.15) is 5.75 Å². The van der Waals surface area contributed by atoms with Gasteiger partial charge in [-0.15, -0.1) is 4.83 Å². The van der Waals surface area contributed by atoms with Crippen molar-refractivity contribution in [2.24, 2.45) is 13.0 Å². The molecular weight excluding hydrogens is 563 g/mol. The van der Waals surface area contributed by atoms with E-state index in [4.69, 9.17) is 16.3 Å². The van der Waals surface area contributed by atoms with Crippen molar-refractivity contribution < 1.29 is 27.1 Å². The number of benzene rings is 2. The molecule has 1 heterocycles. The monoisotopic (exact) mass is 592 g/mol. The summed E-state index contributed by atoms with van der Waals surface area (Å²) in [4.78, 5) is 32.8. The third-order valence-corrected chi connectivity index (χ3v) is 8.14. The van der Waals surface area contributed by atoms with Crippen molar-refractivity contribution in [2.45, 2.75) is 25.4 Å². The standard InChI is InChI=1S/C26H30ClFN6O5S/c1-33-13-23(29-15-33)18-10-21(24(28)22(27)11-18)25(35)31-32-40(37,38)14-17-8-19(9-17)30-26(36)34(2)12-16-4-6-20(39-3)7-5-16/h4-7,10-11,13,15,17,19,32H,8-9,12,14H2,1-3H3,(H,30,36)(H,31,35). The first-order valence-corrected chi connectivity index (χ1v) is 14.4. The predicted molar refractivity (Wildman–Crippen MR) is 148 cm³/mol. The summed E-state index contributed by atoms with van der Waals surface area (Å²) < 4.78 is 46.4. The number of aryl methyl sites for hydroxylation is 1. The fourth-order valence-electron chi connectivity index (χ4n) is 4.36. The molecule has 1 aliphatic carbocycles. The third kappa shape index (κ3) is 7.29. The van der Waals surface area contributed by atoms with Crippen LogP contribution in [-0.2, 0) is 23.6 Å². The molecule has 0 unspecified atom stereocenters. The molecule has 40 heavy (non-hydrogen) atoms. The Bertz CT molecular complexity index is 1490. The first-order chi connectivity index (χ1) is 18.9. The lowest BCUT2D eigenvalue weighted by molar-refractivity contribution is 0.0940. The number of ether oxygens (including phenoxy) is 1. The zero-order valence-corrected chi connectivity index (χ0v) is 23.7. The number of halogens is 2. The highest BCUT2D eigenvalue weighted by atomic mass is 35.5. The number of hydrogen-bond donors (Lipinski definition) is 3. The summed E-state index contributed by atoms with van der Waals surface area (Å²) in [5, 5.41) is 2.60. The van der Waals surface area contributed by atoms with Gasteiger partial charge in [-0.3, -0.25) is 10.2 Å². The highest BCUT2D eigenvalue weighted by molar-refractivity contribution is 7.89. The molecule has 0 saturated heterocycles. The SMILES string of the molecule is COc1ccc(CN(C)C(=O)NC2CC(CS(=O)(=O)NNC(=O)c3cc(-c4cn(C)cn4)cc(Cl)c3F)C2)cc1. The van der Waals surface area contributed by atoms with Gasteiger partial charge in [-0.25, -0.2) is 22.6 Å². The Balaban J connectivity index is 1.24. The van der Waals surface area contributed by atoms with Crippen LogP contribution in [0.4, 0.5) is 9.18 Å². The second kappa shape index (κ2) is 12.2. The van der Waals surface area contributed by atoms with Gasteiger partial charge in [0.25, 0.3) is 5.91 Å². The zero-order valence-electron chi connectivity index (χ0n) is 22.1. The van der Waals surface area contributed by atoms with Crippen molar-refractivity contribution in [3.8, 4) is 17.0 Å². The minimum atomic E-state index is -3.93. The van der Waals surface area contributed by atoms with E-state index >= 15 is 0 Å². The molecule has 1 aliphatic rings. The topological polar surface area (TPSA) is 135 Å². The molecule has 0 spiro atoms. The first kappa shape index (κ1) is 29.3. The molecule has 0 atom stereocenters. The number of urea groups is 1. The number of hydrazine groups is 1. The summed E-state index contributed by atoms with van der Waals surface area (Å²) in [7, 11) is 1.09. The summed E-state index contributed by atoms with van der Waals surface area (Å²) in [6.07, 6.45) is 4.14. The number of hydrogen-bond acceptors (Lipinski definition) is 6. The van der Waals surface area contributed by atoms with E-state index in [9.17, 15) is 22.4 Å². The Kier molecular flexibility index (Phi) is 8.96. The average Bonchev–Trinajstić information content (AvgIpc) is 3.34. The molecule has 1 aromatic heterocycles. The van der Waals surface area contributed by atoms with E-state index in [1.54, 1.807) is 32.0 Å². The van der Waals surface area contributed by atoms with E-state index in [1.807, 2.05) is 34.5 Å². The van der Waals surface area contributed by atoms with Crippen molar-refractivity contribution in [1.82, 2.24) is 30.0 Å². The molecule has 3 aromatic rings. The van der Waals surface area contributed by atoms with Gasteiger partial charge in [0, 0.05) is 38.4 Å². The van der Waals surface area contributed by atoms with Gasteiger partial charge < -0.3 is 19.5 Å². The molecule has 0 aliphatic heterocycles. The quantitative estimate of drug-likeness (QED) is 0.310. The van der Waals surface area contributed by atoms with Gasteiger partial charge in [0.2, 0.25) is 10.0 Å². The van der Waals surface area contributed by atoms with Gasteiger partial charge in [0.15, 0.2) is 5.82 Å². The first-order valence-electron chi connectivity index (χ1n) is 12.4. The summed E-state index contributed by atoms with van der Waals surface area (Å²) in [5.74, 6) is -1.73. The number of imidazole rings is 1. The Morgan fingerprint density at radius 1 is 1.23 bits per heavy atom. The van der Waals surface area contributed by atoms with Crippen LogP contribution in [0.1, 0.15) is 28.8 Å². The Hall–Kier alpha value is -3.68. The minimum Gasteiger partial charge on any atom is -0.497 e. The third-order valence-electron chi connectivity index (χ3n) is 6.54. The normalized spacial score (nSPS) is 16.6. The molecule has 1 saturated carbocycles. The fraction of sp³-hybridized carbons (Fsp3) is 0.346. The Morgan fingerprint density at radius 2 is 1.93 bits per heavy atom. The van der Waals surface area contributed by atoms with Crippen LogP contribution < -0.4 is 20.3 Å². The summed E-state index contributed by atoms with van der Waals surface area (Å²) in [5.41, 5.74) is 3.43. The lowest BCUT2D eigenvalue weighted by Gasteiger charge is -2.36. The Morgan fingerprint density at radius 3 is 2.55 bits per heavy atom. The van der Waals surface area contributed by atoms with Crippen molar-refractivity contribution in [3.05, 3.63) is 70.9 Å². The van der Waals surface area contributed by atoms with Crippen LogP contribution in [0.5, 0.6) is 5.75 Å². The van der Waals surface area contributed by atoms with Gasteiger partial charge >= 0.3 is 6.03 Å². The van der Waals surface area contributed by atoms with Gasteiger partial charge in [-0.05, 0) is 48.6 Å². The molecular formula is C26H30ClFN6O5S. The van der Waals surface area contributed by atoms with E-state index in [0.717, 1.165) is 11.3 Å². The van der Waals surface area contributed by atoms with Gasteiger partial charge in [0.05, 0.1) is 35.5 Å². The van der Waals surface area contributed by atoms with E-state index in [-0.39, 0.29) is 28.8 Å². The maximum Gasteiger partial charge on any atom is 0.317 e.